The minimum absolute atomic E-state index is 0.0762. The zero-order chi connectivity index (χ0) is 24.8. The zero-order valence-electron chi connectivity index (χ0n) is 19.3. The van der Waals surface area contributed by atoms with Gasteiger partial charge in [-0.15, -0.1) is 0 Å². The average Bonchev–Trinajstić information content (AvgIpc) is 3.13. The molecule has 4 rings (SSSR count). The van der Waals surface area contributed by atoms with Crippen LogP contribution in [0.5, 0.6) is 17.2 Å². The van der Waals surface area contributed by atoms with Gasteiger partial charge in [-0.2, -0.15) is 0 Å². The van der Waals surface area contributed by atoms with E-state index < -0.39 is 0 Å². The molecule has 3 aromatic carbocycles. The lowest BCUT2D eigenvalue weighted by Gasteiger charge is -2.15. The van der Waals surface area contributed by atoms with Crippen molar-refractivity contribution in [2.45, 2.75) is 20.5 Å². The lowest BCUT2D eigenvalue weighted by atomic mass is 10.1. The number of carbonyl (C=O) groups is 1. The van der Waals surface area contributed by atoms with Crippen LogP contribution < -0.4 is 19.1 Å². The fourth-order valence-corrected chi connectivity index (χ4v) is 4.77. The van der Waals surface area contributed by atoms with Crippen LogP contribution in [-0.2, 0) is 11.4 Å². The van der Waals surface area contributed by atoms with Crippen LogP contribution in [0.1, 0.15) is 25.0 Å². The van der Waals surface area contributed by atoms with Crippen LogP contribution in [0.3, 0.4) is 0 Å². The monoisotopic (exact) mass is 509 g/mol. The summed E-state index contributed by atoms with van der Waals surface area (Å²) in [5.41, 5.74) is 1.90. The number of amides is 1. The number of ether oxygens (including phenoxy) is 3. The Morgan fingerprint density at radius 2 is 1.69 bits per heavy atom. The first kappa shape index (κ1) is 24.8. The Balaban J connectivity index is 1.53. The maximum absolute atomic E-state index is 13.9. The molecule has 0 unspecified atom stereocenters. The molecule has 0 aliphatic carbocycles. The van der Waals surface area contributed by atoms with Crippen LogP contribution in [0, 0.1) is 5.82 Å². The Kier molecular flexibility index (Phi) is 8.05. The highest BCUT2D eigenvalue weighted by Gasteiger charge is 2.33. The zero-order valence-corrected chi connectivity index (χ0v) is 21.0. The Labute approximate surface area is 213 Å². The van der Waals surface area contributed by atoms with Gasteiger partial charge in [0, 0.05) is 5.56 Å². The van der Waals surface area contributed by atoms with Crippen molar-refractivity contribution >= 4 is 46.0 Å². The molecule has 3 aromatic rings. The van der Waals surface area contributed by atoms with E-state index in [0.29, 0.717) is 45.2 Å². The Bertz CT molecular complexity index is 1260. The molecule has 1 amide bonds. The smallest absolute Gasteiger partial charge is 0.270 e. The second kappa shape index (κ2) is 11.4. The summed E-state index contributed by atoms with van der Waals surface area (Å²) < 4.78 is 31.4. The number of thioether (sulfide) groups is 1. The van der Waals surface area contributed by atoms with E-state index >= 15 is 0 Å². The number of rotatable bonds is 9. The number of anilines is 1. The van der Waals surface area contributed by atoms with Crippen LogP contribution in [0.2, 0.25) is 0 Å². The standard InChI is InChI=1S/C27H24FNO4S2/c1-3-31-21-12-10-20(11-13-21)29-26(30)25(35-27(29)34)16-18-9-14-23(24(15-18)32-4-2)33-17-19-7-5-6-8-22(19)28/h5-16H,3-4,17H2,1-2H3/b25-16+. The Morgan fingerprint density at radius 1 is 0.943 bits per heavy atom. The maximum Gasteiger partial charge on any atom is 0.270 e. The molecular weight excluding hydrogens is 485 g/mol. The maximum atomic E-state index is 13.9. The third kappa shape index (κ3) is 5.83. The molecule has 0 bridgehead atoms. The first-order valence-corrected chi connectivity index (χ1v) is 12.4. The van der Waals surface area contributed by atoms with Crippen molar-refractivity contribution in [2.24, 2.45) is 0 Å². The minimum atomic E-state index is -0.323. The average molecular weight is 510 g/mol. The molecule has 8 heteroatoms. The predicted molar refractivity (Wildman–Crippen MR) is 142 cm³/mol. The number of halogens is 1. The molecule has 35 heavy (non-hydrogen) atoms. The molecule has 0 aromatic heterocycles. The molecule has 0 radical (unpaired) electrons. The molecule has 1 heterocycles. The Morgan fingerprint density at radius 3 is 2.40 bits per heavy atom. The van der Waals surface area contributed by atoms with Crippen LogP contribution in [0.25, 0.3) is 6.08 Å². The molecule has 5 nitrogen and oxygen atoms in total. The van der Waals surface area contributed by atoms with E-state index in [2.05, 4.69) is 0 Å². The number of hydrogen-bond acceptors (Lipinski definition) is 6. The summed E-state index contributed by atoms with van der Waals surface area (Å²) in [4.78, 5) is 15.1. The van der Waals surface area contributed by atoms with Gasteiger partial charge >= 0.3 is 0 Å². The summed E-state index contributed by atoms with van der Waals surface area (Å²) in [5, 5.41) is 0. The molecule has 0 saturated carbocycles. The van der Waals surface area contributed by atoms with E-state index in [4.69, 9.17) is 26.4 Å². The molecule has 1 aliphatic heterocycles. The summed E-state index contributed by atoms with van der Waals surface area (Å²) >= 11 is 6.72. The van der Waals surface area contributed by atoms with Gasteiger partial charge < -0.3 is 14.2 Å². The van der Waals surface area contributed by atoms with Gasteiger partial charge in [-0.1, -0.05) is 48.2 Å². The van der Waals surface area contributed by atoms with Gasteiger partial charge in [0.05, 0.1) is 23.8 Å². The van der Waals surface area contributed by atoms with Gasteiger partial charge in [-0.05, 0) is 68.0 Å². The third-order valence-corrected chi connectivity index (χ3v) is 6.41. The number of hydrogen-bond donors (Lipinski definition) is 0. The second-order valence-corrected chi connectivity index (χ2v) is 9.14. The molecule has 0 spiro atoms. The molecule has 0 N–H and O–H groups in total. The van der Waals surface area contributed by atoms with Crippen LogP contribution in [-0.4, -0.2) is 23.4 Å². The van der Waals surface area contributed by atoms with E-state index in [1.807, 2.05) is 44.2 Å². The van der Waals surface area contributed by atoms with Gasteiger partial charge in [-0.25, -0.2) is 4.39 Å². The summed E-state index contributed by atoms with van der Waals surface area (Å²) in [7, 11) is 0. The molecule has 180 valence electrons. The van der Waals surface area contributed by atoms with Crippen LogP contribution in [0.15, 0.2) is 71.6 Å². The normalized spacial score (nSPS) is 14.5. The second-order valence-electron chi connectivity index (χ2n) is 7.46. The van der Waals surface area contributed by atoms with Crippen molar-refractivity contribution < 1.29 is 23.4 Å². The van der Waals surface area contributed by atoms with Gasteiger partial charge in [-0.3, -0.25) is 9.69 Å². The first-order valence-electron chi connectivity index (χ1n) is 11.1. The molecular formula is C27H24FNO4S2. The lowest BCUT2D eigenvalue weighted by Crippen LogP contribution is -2.27. The van der Waals surface area contributed by atoms with Crippen molar-refractivity contribution in [1.29, 1.82) is 0 Å². The SMILES string of the molecule is CCOc1ccc(N2C(=O)/C(=C\c3ccc(OCc4ccccc4F)c(OCC)c3)SC2=S)cc1. The van der Waals surface area contributed by atoms with Crippen LogP contribution in [0.4, 0.5) is 10.1 Å². The van der Waals surface area contributed by atoms with E-state index in [-0.39, 0.29) is 18.3 Å². The summed E-state index contributed by atoms with van der Waals surface area (Å²) in [6.45, 7) is 4.86. The Hall–Kier alpha value is -3.36. The summed E-state index contributed by atoms with van der Waals surface area (Å²) in [6.07, 6.45) is 1.77. The van der Waals surface area contributed by atoms with Crippen molar-refractivity contribution in [3.05, 3.63) is 88.6 Å². The molecule has 1 aliphatic rings. The molecule has 1 fully saturated rings. The first-order chi connectivity index (χ1) is 17.0. The molecule has 1 saturated heterocycles. The van der Waals surface area contributed by atoms with Crippen molar-refractivity contribution in [2.75, 3.05) is 18.1 Å². The van der Waals surface area contributed by atoms with E-state index in [0.717, 1.165) is 11.3 Å². The highest BCUT2D eigenvalue weighted by atomic mass is 32.2. The molecule has 0 atom stereocenters. The number of benzene rings is 3. The third-order valence-electron chi connectivity index (χ3n) is 5.11. The van der Waals surface area contributed by atoms with Crippen molar-refractivity contribution in [3.63, 3.8) is 0 Å². The van der Waals surface area contributed by atoms with Gasteiger partial charge in [0.15, 0.2) is 15.8 Å². The van der Waals surface area contributed by atoms with Gasteiger partial charge in [0.2, 0.25) is 0 Å². The highest BCUT2D eigenvalue weighted by Crippen LogP contribution is 2.38. The number of thiocarbonyl (C=S) groups is 1. The van der Waals surface area contributed by atoms with Crippen molar-refractivity contribution in [1.82, 2.24) is 0 Å². The fraction of sp³-hybridized carbons (Fsp3) is 0.185. The van der Waals surface area contributed by atoms with Crippen LogP contribution >= 0.6 is 24.0 Å². The van der Waals surface area contributed by atoms with E-state index in [1.165, 1.54) is 22.7 Å². The minimum Gasteiger partial charge on any atom is -0.494 e. The fourth-order valence-electron chi connectivity index (χ4n) is 3.47. The number of nitrogens with zero attached hydrogens (tertiary/aromatic N) is 1. The van der Waals surface area contributed by atoms with Crippen molar-refractivity contribution in [3.8, 4) is 17.2 Å². The highest BCUT2D eigenvalue weighted by molar-refractivity contribution is 8.27. The topological polar surface area (TPSA) is 48.0 Å². The van der Waals surface area contributed by atoms with Gasteiger partial charge in [0.25, 0.3) is 5.91 Å². The summed E-state index contributed by atoms with van der Waals surface area (Å²) in [6, 6.07) is 19.1. The predicted octanol–water partition coefficient (Wildman–Crippen LogP) is 6.61. The van der Waals surface area contributed by atoms with E-state index in [9.17, 15) is 9.18 Å². The quantitative estimate of drug-likeness (QED) is 0.239. The number of carbonyl (C=O) groups excluding carboxylic acids is 1. The lowest BCUT2D eigenvalue weighted by molar-refractivity contribution is -0.113. The largest absolute Gasteiger partial charge is 0.494 e. The van der Waals surface area contributed by atoms with E-state index in [1.54, 1.807) is 36.4 Å². The summed E-state index contributed by atoms with van der Waals surface area (Å²) in [5.74, 6) is 1.23. The van der Waals surface area contributed by atoms with Gasteiger partial charge in [0.1, 0.15) is 18.2 Å².